The fraction of sp³-hybridized carbons (Fsp3) is 0.167. The monoisotopic (exact) mass is 389 g/mol. The summed E-state index contributed by atoms with van der Waals surface area (Å²) in [5.41, 5.74) is 1.27. The molecule has 128 valence electrons. The number of aryl methyl sites for hydroxylation is 2. The van der Waals surface area contributed by atoms with E-state index >= 15 is 0 Å². The van der Waals surface area contributed by atoms with Crippen LogP contribution in [0.4, 0.5) is 5.13 Å². The minimum Gasteiger partial charge on any atom is -0.300 e. The Bertz CT molecular complexity index is 822. The summed E-state index contributed by atoms with van der Waals surface area (Å²) in [6.45, 7) is 0. The third-order valence-corrected chi connectivity index (χ3v) is 5.53. The van der Waals surface area contributed by atoms with E-state index in [2.05, 4.69) is 27.6 Å². The Balaban J connectivity index is 1.45. The standard InChI is InChI=1S/C18H16ClN3OS2/c19-14-7-9-15(10-8-14)24-12-16(23)20-18-22-21-17(25-18)11-6-13-4-2-1-3-5-13/h1-5,7-10H,6,11-12H2,(H,20,22,23). The summed E-state index contributed by atoms with van der Waals surface area (Å²) in [4.78, 5) is 13.0. The number of carbonyl (C=O) groups excluding carboxylic acids is 1. The van der Waals surface area contributed by atoms with Crippen molar-refractivity contribution in [2.75, 3.05) is 11.1 Å². The summed E-state index contributed by atoms with van der Waals surface area (Å²) in [7, 11) is 0. The van der Waals surface area contributed by atoms with Gasteiger partial charge in [-0.3, -0.25) is 10.1 Å². The minimum atomic E-state index is -0.0919. The van der Waals surface area contributed by atoms with Gasteiger partial charge in [0.15, 0.2) is 0 Å². The molecule has 0 saturated heterocycles. The first-order chi connectivity index (χ1) is 12.2. The second kappa shape index (κ2) is 8.99. The highest BCUT2D eigenvalue weighted by molar-refractivity contribution is 8.00. The molecule has 1 heterocycles. The number of amides is 1. The van der Waals surface area contributed by atoms with Crippen LogP contribution < -0.4 is 5.32 Å². The van der Waals surface area contributed by atoms with E-state index in [1.54, 1.807) is 0 Å². The lowest BCUT2D eigenvalue weighted by Gasteiger charge is -2.02. The Kier molecular flexibility index (Phi) is 6.44. The van der Waals surface area contributed by atoms with Gasteiger partial charge < -0.3 is 0 Å². The molecule has 0 bridgehead atoms. The van der Waals surface area contributed by atoms with Crippen LogP contribution in [0.5, 0.6) is 0 Å². The summed E-state index contributed by atoms with van der Waals surface area (Å²) < 4.78 is 0. The normalized spacial score (nSPS) is 10.6. The molecule has 0 atom stereocenters. The van der Waals surface area contributed by atoms with Gasteiger partial charge in [-0.15, -0.1) is 22.0 Å². The van der Waals surface area contributed by atoms with Crippen LogP contribution in [0.3, 0.4) is 0 Å². The van der Waals surface area contributed by atoms with Gasteiger partial charge in [0.2, 0.25) is 11.0 Å². The van der Waals surface area contributed by atoms with Crippen LogP contribution in [0.25, 0.3) is 0 Å². The molecule has 0 aliphatic rings. The van der Waals surface area contributed by atoms with Gasteiger partial charge in [0.05, 0.1) is 5.75 Å². The van der Waals surface area contributed by atoms with E-state index in [9.17, 15) is 4.79 Å². The third kappa shape index (κ3) is 5.85. The largest absolute Gasteiger partial charge is 0.300 e. The molecule has 3 aromatic rings. The molecule has 0 fully saturated rings. The molecule has 3 rings (SSSR count). The topological polar surface area (TPSA) is 54.9 Å². The number of rotatable bonds is 7. The summed E-state index contributed by atoms with van der Waals surface area (Å²) in [5, 5.41) is 13.1. The van der Waals surface area contributed by atoms with E-state index < -0.39 is 0 Å². The van der Waals surface area contributed by atoms with Crippen LogP contribution in [0.2, 0.25) is 5.02 Å². The van der Waals surface area contributed by atoms with Gasteiger partial charge in [0, 0.05) is 16.3 Å². The number of hydrogen-bond donors (Lipinski definition) is 1. The van der Waals surface area contributed by atoms with Gasteiger partial charge in [-0.25, -0.2) is 0 Å². The minimum absolute atomic E-state index is 0.0919. The van der Waals surface area contributed by atoms with E-state index in [1.165, 1.54) is 28.7 Å². The Morgan fingerprint density at radius 1 is 1.04 bits per heavy atom. The molecule has 0 aliphatic heterocycles. The molecule has 25 heavy (non-hydrogen) atoms. The van der Waals surface area contributed by atoms with Crippen molar-refractivity contribution in [1.82, 2.24) is 10.2 Å². The van der Waals surface area contributed by atoms with E-state index in [4.69, 9.17) is 11.6 Å². The predicted octanol–water partition coefficient (Wildman–Crippen LogP) is 4.71. The van der Waals surface area contributed by atoms with Crippen LogP contribution in [0, 0.1) is 0 Å². The van der Waals surface area contributed by atoms with Crippen molar-refractivity contribution in [3.63, 3.8) is 0 Å². The first-order valence-electron chi connectivity index (χ1n) is 7.73. The van der Waals surface area contributed by atoms with Crippen LogP contribution in [-0.2, 0) is 17.6 Å². The molecular formula is C18H16ClN3OS2. The summed E-state index contributed by atoms with van der Waals surface area (Å²) >= 11 is 8.73. The average molecular weight is 390 g/mol. The summed E-state index contributed by atoms with van der Waals surface area (Å²) in [5.74, 6) is 0.228. The zero-order valence-electron chi connectivity index (χ0n) is 13.3. The smallest absolute Gasteiger partial charge is 0.236 e. The van der Waals surface area contributed by atoms with Crippen molar-refractivity contribution in [2.45, 2.75) is 17.7 Å². The molecule has 1 N–H and O–H groups in total. The molecule has 0 aliphatic carbocycles. The molecule has 7 heteroatoms. The summed E-state index contributed by atoms with van der Waals surface area (Å²) in [6.07, 6.45) is 1.73. The molecule has 1 aromatic heterocycles. The van der Waals surface area contributed by atoms with Gasteiger partial charge >= 0.3 is 0 Å². The van der Waals surface area contributed by atoms with Gasteiger partial charge in [0.1, 0.15) is 5.01 Å². The first-order valence-corrected chi connectivity index (χ1v) is 9.91. The maximum atomic E-state index is 12.0. The van der Waals surface area contributed by atoms with Gasteiger partial charge in [-0.1, -0.05) is 53.3 Å². The fourth-order valence-corrected chi connectivity index (χ4v) is 3.72. The van der Waals surface area contributed by atoms with E-state index in [0.717, 1.165) is 22.7 Å². The number of nitrogens with zero attached hydrogens (tertiary/aromatic N) is 2. The summed E-state index contributed by atoms with van der Waals surface area (Å²) in [6, 6.07) is 17.7. The Morgan fingerprint density at radius 3 is 2.56 bits per heavy atom. The van der Waals surface area contributed by atoms with E-state index in [1.807, 2.05) is 42.5 Å². The quantitative estimate of drug-likeness (QED) is 0.594. The third-order valence-electron chi connectivity index (χ3n) is 3.37. The van der Waals surface area contributed by atoms with Gasteiger partial charge in [-0.05, 0) is 36.2 Å². The first kappa shape index (κ1) is 17.9. The molecule has 1 amide bonds. The zero-order valence-corrected chi connectivity index (χ0v) is 15.7. The number of carbonyl (C=O) groups is 1. The van der Waals surface area contributed by atoms with Crippen molar-refractivity contribution >= 4 is 45.7 Å². The highest BCUT2D eigenvalue weighted by Gasteiger charge is 2.09. The molecule has 0 unspecified atom stereocenters. The number of nitrogens with one attached hydrogen (secondary N) is 1. The van der Waals surface area contributed by atoms with E-state index in [-0.39, 0.29) is 5.91 Å². The number of hydrogen-bond acceptors (Lipinski definition) is 5. The number of benzene rings is 2. The SMILES string of the molecule is O=C(CSc1ccc(Cl)cc1)Nc1nnc(CCc2ccccc2)s1. The molecule has 2 aromatic carbocycles. The number of aromatic nitrogens is 2. The molecule has 0 saturated carbocycles. The number of anilines is 1. The highest BCUT2D eigenvalue weighted by atomic mass is 35.5. The van der Waals surface area contributed by atoms with Crippen molar-refractivity contribution in [1.29, 1.82) is 0 Å². The van der Waals surface area contributed by atoms with Gasteiger partial charge in [0.25, 0.3) is 0 Å². The second-order valence-corrected chi connectivity index (χ2v) is 7.82. The predicted molar refractivity (Wildman–Crippen MR) is 105 cm³/mol. The maximum Gasteiger partial charge on any atom is 0.236 e. The lowest BCUT2D eigenvalue weighted by molar-refractivity contribution is -0.113. The van der Waals surface area contributed by atoms with Crippen molar-refractivity contribution in [3.8, 4) is 0 Å². The lowest BCUT2D eigenvalue weighted by Crippen LogP contribution is -2.13. The maximum absolute atomic E-state index is 12.0. The van der Waals surface area contributed by atoms with Crippen LogP contribution in [0.15, 0.2) is 59.5 Å². The lowest BCUT2D eigenvalue weighted by atomic mass is 10.1. The van der Waals surface area contributed by atoms with Crippen LogP contribution >= 0.6 is 34.7 Å². The number of halogens is 1. The van der Waals surface area contributed by atoms with Gasteiger partial charge in [-0.2, -0.15) is 0 Å². The molecule has 4 nitrogen and oxygen atoms in total. The Labute approximate surface area is 159 Å². The van der Waals surface area contributed by atoms with E-state index in [0.29, 0.717) is 15.9 Å². The van der Waals surface area contributed by atoms with Crippen LogP contribution in [0.1, 0.15) is 10.6 Å². The highest BCUT2D eigenvalue weighted by Crippen LogP contribution is 2.21. The molecular weight excluding hydrogens is 374 g/mol. The Morgan fingerprint density at radius 2 is 1.80 bits per heavy atom. The Hall–Kier alpha value is -1.89. The molecule has 0 spiro atoms. The number of thioether (sulfide) groups is 1. The van der Waals surface area contributed by atoms with Crippen molar-refractivity contribution < 1.29 is 4.79 Å². The zero-order chi connectivity index (χ0) is 17.5. The average Bonchev–Trinajstić information content (AvgIpc) is 3.08. The van der Waals surface area contributed by atoms with Crippen molar-refractivity contribution in [2.24, 2.45) is 0 Å². The molecule has 0 radical (unpaired) electrons. The second-order valence-electron chi connectivity index (χ2n) is 5.28. The fourth-order valence-electron chi connectivity index (χ4n) is 2.14. The van der Waals surface area contributed by atoms with Crippen molar-refractivity contribution in [3.05, 3.63) is 70.2 Å². The van der Waals surface area contributed by atoms with Crippen LogP contribution in [-0.4, -0.2) is 21.9 Å².